The molecule has 17 heavy (non-hydrogen) atoms. The molecule has 0 radical (unpaired) electrons. The summed E-state index contributed by atoms with van der Waals surface area (Å²) in [5.41, 5.74) is 0. The molecule has 0 saturated heterocycles. The lowest BCUT2D eigenvalue weighted by Crippen LogP contribution is -1.99. The number of nitrogens with one attached hydrogen (secondary N) is 1. The van der Waals surface area contributed by atoms with E-state index in [9.17, 15) is 0 Å². The summed E-state index contributed by atoms with van der Waals surface area (Å²) in [5, 5.41) is 0. The summed E-state index contributed by atoms with van der Waals surface area (Å²) in [6.07, 6.45) is 1.80. The first-order chi connectivity index (χ1) is 8.34. The van der Waals surface area contributed by atoms with Gasteiger partial charge in [-0.05, 0) is 24.4 Å². The summed E-state index contributed by atoms with van der Waals surface area (Å²) in [6.45, 7) is 0.694. The third-order valence-electron chi connectivity index (χ3n) is 2.06. The van der Waals surface area contributed by atoms with Crippen LogP contribution in [0.1, 0.15) is 5.76 Å². The molecular weight excluding hydrogens is 254 g/mol. The molecule has 0 fully saturated rings. The minimum Gasteiger partial charge on any atom is -0.493 e. The maximum absolute atomic E-state index is 5.57. The Morgan fingerprint density at radius 3 is 2.82 bits per heavy atom. The molecule has 0 aliphatic rings. The van der Waals surface area contributed by atoms with Crippen LogP contribution < -0.4 is 4.74 Å². The fourth-order valence-electron chi connectivity index (χ4n) is 1.30. The topological polar surface area (TPSA) is 38.2 Å². The Kier molecular flexibility index (Phi) is 4.70. The number of benzene rings is 1. The Bertz CT molecular complexity index is 492. The van der Waals surface area contributed by atoms with Crippen molar-refractivity contribution >= 4 is 24.0 Å². The number of hydrogen-bond acceptors (Lipinski definition) is 4. The molecule has 1 heterocycles. The maximum atomic E-state index is 5.57. The molecule has 1 N–H and O–H groups in total. The third-order valence-corrected chi connectivity index (χ3v) is 3.20. The Hall–Kier alpha value is -1.20. The van der Waals surface area contributed by atoms with E-state index in [1.807, 2.05) is 30.3 Å². The molecule has 0 saturated carbocycles. The molecular formula is C12H13NO2S2. The van der Waals surface area contributed by atoms with E-state index in [-0.39, 0.29) is 0 Å². The molecule has 2 rings (SSSR count). The van der Waals surface area contributed by atoms with Crippen LogP contribution in [0.5, 0.6) is 5.75 Å². The standard InChI is InChI=1S/C12H13NO2S2/c16-12-13-8-11(15-12)9-17-7-6-14-10-4-2-1-3-5-10/h1-5,8H,6-7,9H2,(H,13,16). The Labute approximate surface area is 109 Å². The second kappa shape index (κ2) is 6.51. The highest BCUT2D eigenvalue weighted by Gasteiger charge is 1.98. The van der Waals surface area contributed by atoms with Crippen molar-refractivity contribution in [1.82, 2.24) is 4.98 Å². The van der Waals surface area contributed by atoms with E-state index in [1.54, 1.807) is 18.0 Å². The summed E-state index contributed by atoms with van der Waals surface area (Å²) in [4.78, 5) is 3.27. The highest BCUT2D eigenvalue weighted by atomic mass is 32.2. The summed E-state index contributed by atoms with van der Waals surface area (Å²) in [5.74, 6) is 3.51. The number of aromatic nitrogens is 1. The van der Waals surface area contributed by atoms with E-state index < -0.39 is 0 Å². The lowest BCUT2D eigenvalue weighted by Gasteiger charge is -2.04. The largest absolute Gasteiger partial charge is 0.493 e. The number of aromatic amines is 1. The molecule has 5 heteroatoms. The van der Waals surface area contributed by atoms with Crippen LogP contribution in [0.2, 0.25) is 0 Å². The maximum Gasteiger partial charge on any atom is 0.266 e. The molecule has 2 aromatic rings. The van der Waals surface area contributed by atoms with Crippen molar-refractivity contribution in [2.24, 2.45) is 0 Å². The predicted octanol–water partition coefficient (Wildman–Crippen LogP) is 3.65. The van der Waals surface area contributed by atoms with Crippen LogP contribution in [0.3, 0.4) is 0 Å². The van der Waals surface area contributed by atoms with Crippen molar-refractivity contribution in [3.05, 3.63) is 47.1 Å². The monoisotopic (exact) mass is 267 g/mol. The first-order valence-corrected chi connectivity index (χ1v) is 6.84. The van der Waals surface area contributed by atoms with E-state index in [0.717, 1.165) is 23.0 Å². The van der Waals surface area contributed by atoms with Crippen molar-refractivity contribution < 1.29 is 9.15 Å². The molecule has 0 bridgehead atoms. The van der Waals surface area contributed by atoms with Gasteiger partial charge in [0.05, 0.1) is 12.4 Å². The van der Waals surface area contributed by atoms with E-state index in [4.69, 9.17) is 21.4 Å². The first kappa shape index (κ1) is 12.3. The Balaban J connectivity index is 1.62. The number of ether oxygens (including phenoxy) is 1. The van der Waals surface area contributed by atoms with Gasteiger partial charge in [-0.2, -0.15) is 11.8 Å². The van der Waals surface area contributed by atoms with Gasteiger partial charge in [0.25, 0.3) is 4.84 Å². The summed E-state index contributed by atoms with van der Waals surface area (Å²) < 4.78 is 10.8. The minimum absolute atomic E-state index is 0.432. The van der Waals surface area contributed by atoms with Crippen LogP contribution in [-0.4, -0.2) is 17.3 Å². The highest BCUT2D eigenvalue weighted by molar-refractivity contribution is 7.98. The van der Waals surface area contributed by atoms with Gasteiger partial charge in [-0.15, -0.1) is 0 Å². The van der Waals surface area contributed by atoms with Gasteiger partial charge in [0.15, 0.2) is 0 Å². The van der Waals surface area contributed by atoms with E-state index in [2.05, 4.69) is 4.98 Å². The molecule has 3 nitrogen and oxygen atoms in total. The van der Waals surface area contributed by atoms with Crippen LogP contribution in [-0.2, 0) is 5.75 Å². The van der Waals surface area contributed by atoms with Gasteiger partial charge in [0, 0.05) is 11.9 Å². The van der Waals surface area contributed by atoms with Crippen LogP contribution >= 0.6 is 24.0 Å². The van der Waals surface area contributed by atoms with E-state index >= 15 is 0 Å². The smallest absolute Gasteiger partial charge is 0.266 e. The number of H-pyrrole nitrogens is 1. The summed E-state index contributed by atoms with van der Waals surface area (Å²) in [6, 6.07) is 9.81. The fraction of sp³-hybridized carbons (Fsp3) is 0.250. The molecule has 0 aliphatic carbocycles. The van der Waals surface area contributed by atoms with Crippen molar-refractivity contribution in [2.75, 3.05) is 12.4 Å². The SMILES string of the molecule is S=c1[nH]cc(CSCCOc2ccccc2)o1. The Morgan fingerprint density at radius 2 is 2.12 bits per heavy atom. The van der Waals surface area contributed by atoms with Gasteiger partial charge in [-0.3, -0.25) is 0 Å². The van der Waals surface area contributed by atoms with Gasteiger partial charge in [0.1, 0.15) is 11.5 Å². The average Bonchev–Trinajstić information content (AvgIpc) is 2.76. The Morgan fingerprint density at radius 1 is 1.29 bits per heavy atom. The van der Waals surface area contributed by atoms with Gasteiger partial charge >= 0.3 is 0 Å². The van der Waals surface area contributed by atoms with Crippen molar-refractivity contribution in [1.29, 1.82) is 0 Å². The van der Waals surface area contributed by atoms with Gasteiger partial charge < -0.3 is 14.1 Å². The zero-order valence-electron chi connectivity index (χ0n) is 9.22. The molecule has 1 aromatic carbocycles. The molecule has 0 spiro atoms. The van der Waals surface area contributed by atoms with Crippen molar-refractivity contribution in [3.8, 4) is 5.75 Å². The molecule has 0 atom stereocenters. The number of oxazole rings is 1. The zero-order valence-corrected chi connectivity index (χ0v) is 10.9. The van der Waals surface area contributed by atoms with Crippen LogP contribution in [0.25, 0.3) is 0 Å². The lowest BCUT2D eigenvalue weighted by molar-refractivity contribution is 0.344. The lowest BCUT2D eigenvalue weighted by atomic mass is 10.3. The van der Waals surface area contributed by atoms with Gasteiger partial charge in [-0.1, -0.05) is 18.2 Å². The second-order valence-electron chi connectivity index (χ2n) is 3.36. The molecule has 0 unspecified atom stereocenters. The number of hydrogen-bond donors (Lipinski definition) is 1. The summed E-state index contributed by atoms with van der Waals surface area (Å²) >= 11 is 6.60. The van der Waals surface area contributed by atoms with Crippen molar-refractivity contribution in [2.45, 2.75) is 5.75 Å². The second-order valence-corrected chi connectivity index (χ2v) is 4.83. The number of thioether (sulfide) groups is 1. The molecule has 1 aromatic heterocycles. The van der Waals surface area contributed by atoms with Crippen molar-refractivity contribution in [3.63, 3.8) is 0 Å². The first-order valence-electron chi connectivity index (χ1n) is 5.27. The summed E-state index contributed by atoms with van der Waals surface area (Å²) in [7, 11) is 0. The van der Waals surface area contributed by atoms with Crippen LogP contribution in [0.4, 0.5) is 0 Å². The molecule has 0 amide bonds. The normalized spacial score (nSPS) is 10.4. The van der Waals surface area contributed by atoms with E-state index in [0.29, 0.717) is 11.4 Å². The average molecular weight is 267 g/mol. The number of rotatable bonds is 6. The van der Waals surface area contributed by atoms with Crippen LogP contribution in [0.15, 0.2) is 40.9 Å². The minimum atomic E-state index is 0.432. The fourth-order valence-corrected chi connectivity index (χ4v) is 2.15. The van der Waals surface area contributed by atoms with E-state index in [1.165, 1.54) is 0 Å². The highest BCUT2D eigenvalue weighted by Crippen LogP contribution is 2.13. The molecule has 90 valence electrons. The van der Waals surface area contributed by atoms with Gasteiger partial charge in [-0.25, -0.2) is 0 Å². The number of para-hydroxylation sites is 1. The predicted molar refractivity (Wildman–Crippen MR) is 72.0 cm³/mol. The quantitative estimate of drug-likeness (QED) is 0.640. The van der Waals surface area contributed by atoms with Gasteiger partial charge in [0.2, 0.25) is 0 Å². The van der Waals surface area contributed by atoms with Crippen LogP contribution in [0, 0.1) is 4.84 Å². The molecule has 0 aliphatic heterocycles. The third kappa shape index (κ3) is 4.28. The zero-order chi connectivity index (χ0) is 11.9.